The largest absolute Gasteiger partial charge is 0.454 e. The zero-order valence-electron chi connectivity index (χ0n) is 20.4. The summed E-state index contributed by atoms with van der Waals surface area (Å²) in [5.74, 6) is 0.571. The number of nitrogen functional groups attached to an aromatic ring is 1. The van der Waals surface area contributed by atoms with Gasteiger partial charge in [-0.05, 0) is 54.4 Å². The second-order valence-electron chi connectivity index (χ2n) is 9.07. The number of nitrogens with one attached hydrogen (secondary N) is 1. The molecule has 0 atom stereocenters. The average molecular weight is 513 g/mol. The molecule has 5 aromatic rings. The van der Waals surface area contributed by atoms with E-state index in [9.17, 15) is 14.0 Å². The first-order chi connectivity index (χ1) is 18.4. The highest BCUT2D eigenvalue weighted by molar-refractivity contribution is 6.00. The molecule has 0 radical (unpaired) electrons. The number of nitrogens with zero attached hydrogens (tertiary/aromatic N) is 3. The molecular weight excluding hydrogens is 489 g/mol. The molecule has 0 saturated carbocycles. The maximum Gasteiger partial charge on any atom is 0.278 e. The summed E-state index contributed by atoms with van der Waals surface area (Å²) in [6.07, 6.45) is 1.64. The molecule has 2 aromatic carbocycles. The minimum absolute atomic E-state index is 0.131. The Kier molecular flexibility index (Phi) is 5.64. The zero-order chi connectivity index (χ0) is 26.4. The number of carbonyl (C=O) groups is 1. The van der Waals surface area contributed by atoms with Crippen LogP contribution in [-0.2, 0) is 13.1 Å². The van der Waals surface area contributed by atoms with Crippen LogP contribution in [0.5, 0.6) is 11.5 Å². The summed E-state index contributed by atoms with van der Waals surface area (Å²) >= 11 is 0. The maximum absolute atomic E-state index is 13.5. The topological polar surface area (TPSA) is 112 Å². The summed E-state index contributed by atoms with van der Waals surface area (Å²) in [7, 11) is 0. The highest BCUT2D eigenvalue weighted by Gasteiger charge is 2.25. The Morgan fingerprint density at radius 3 is 2.68 bits per heavy atom. The van der Waals surface area contributed by atoms with Gasteiger partial charge in [0.15, 0.2) is 11.5 Å². The molecule has 0 saturated heterocycles. The molecule has 3 aromatic heterocycles. The lowest BCUT2D eigenvalue weighted by Crippen LogP contribution is -2.43. The van der Waals surface area contributed by atoms with E-state index in [2.05, 4.69) is 5.32 Å². The van der Waals surface area contributed by atoms with E-state index >= 15 is 0 Å². The second kappa shape index (κ2) is 9.15. The van der Waals surface area contributed by atoms with Gasteiger partial charge in [-0.1, -0.05) is 29.2 Å². The zero-order valence-corrected chi connectivity index (χ0v) is 20.4. The standard InChI is InChI=1S/C28H22FN5O4/c1-16-3-2-10-33-25(16)32-26-21(28(33)36)12-20(24(30)34(26)14-17-4-7-19(29)8-5-17)27(35)31-13-18-6-9-22-23(11-18)38-15-37-22/h2-12,30H,13-15H2,1H3,(H,31,35)/p+1. The van der Waals surface area contributed by atoms with Crippen LogP contribution in [0.4, 0.5) is 10.2 Å². The predicted molar refractivity (Wildman–Crippen MR) is 138 cm³/mol. The molecule has 1 aliphatic rings. The highest BCUT2D eigenvalue weighted by Crippen LogP contribution is 2.32. The van der Waals surface area contributed by atoms with Crippen LogP contribution in [0.15, 0.2) is 71.7 Å². The molecule has 0 bridgehead atoms. The Morgan fingerprint density at radius 2 is 1.87 bits per heavy atom. The first-order valence-corrected chi connectivity index (χ1v) is 11.9. The summed E-state index contributed by atoms with van der Waals surface area (Å²) in [4.78, 5) is 31.6. The SMILES string of the molecule is Cc1cccn2c(=O)c3cc(C(=O)NCc4ccc5c(c4)OCO5)c(N)[n+](Cc4ccc(F)cc4)c3nc12. The molecule has 9 nitrogen and oxygen atoms in total. The van der Waals surface area contributed by atoms with Crippen molar-refractivity contribution in [2.24, 2.45) is 0 Å². The number of pyridine rings is 2. The highest BCUT2D eigenvalue weighted by atomic mass is 19.1. The first-order valence-electron chi connectivity index (χ1n) is 11.9. The number of aryl methyl sites for hydroxylation is 1. The fraction of sp³-hybridized carbons (Fsp3) is 0.143. The van der Waals surface area contributed by atoms with Gasteiger partial charge in [-0.15, -0.1) is 0 Å². The molecule has 0 aliphatic carbocycles. The first kappa shape index (κ1) is 23.4. The van der Waals surface area contributed by atoms with Gasteiger partial charge in [0.05, 0.1) is 6.54 Å². The minimum Gasteiger partial charge on any atom is -0.454 e. The fourth-order valence-corrected chi connectivity index (χ4v) is 4.55. The third-order valence-electron chi connectivity index (χ3n) is 6.56. The van der Waals surface area contributed by atoms with E-state index in [0.29, 0.717) is 22.8 Å². The van der Waals surface area contributed by atoms with E-state index in [4.69, 9.17) is 20.2 Å². The number of anilines is 1. The van der Waals surface area contributed by atoms with Gasteiger partial charge in [0, 0.05) is 18.3 Å². The Bertz CT molecular complexity index is 1800. The molecule has 1 aliphatic heterocycles. The minimum atomic E-state index is -0.455. The lowest BCUT2D eigenvalue weighted by molar-refractivity contribution is -0.649. The van der Waals surface area contributed by atoms with Crippen LogP contribution >= 0.6 is 0 Å². The van der Waals surface area contributed by atoms with Gasteiger partial charge >= 0.3 is 0 Å². The molecule has 38 heavy (non-hydrogen) atoms. The Labute approximate surface area is 215 Å². The summed E-state index contributed by atoms with van der Waals surface area (Å²) in [5, 5.41) is 3.10. The number of nitrogens with two attached hydrogens (primary N) is 1. The van der Waals surface area contributed by atoms with E-state index in [1.54, 1.807) is 41.1 Å². The summed E-state index contributed by atoms with van der Waals surface area (Å²) in [5.41, 5.74) is 9.51. The van der Waals surface area contributed by atoms with E-state index in [0.717, 1.165) is 16.7 Å². The number of hydrogen-bond donors (Lipinski definition) is 2. The van der Waals surface area contributed by atoms with Gasteiger partial charge < -0.3 is 20.5 Å². The van der Waals surface area contributed by atoms with Crippen LogP contribution in [-0.4, -0.2) is 22.1 Å². The molecule has 0 unspecified atom stereocenters. The summed E-state index contributed by atoms with van der Waals surface area (Å²) < 4.78 is 27.4. The van der Waals surface area contributed by atoms with Crippen molar-refractivity contribution in [3.05, 3.63) is 105 Å². The van der Waals surface area contributed by atoms with Gasteiger partial charge in [0.25, 0.3) is 17.1 Å². The van der Waals surface area contributed by atoms with Gasteiger partial charge in [-0.2, -0.15) is 0 Å². The smallest absolute Gasteiger partial charge is 0.278 e. The Balaban J connectivity index is 1.45. The monoisotopic (exact) mass is 512 g/mol. The molecule has 4 heterocycles. The van der Waals surface area contributed by atoms with Crippen LogP contribution < -0.4 is 30.7 Å². The number of fused-ring (bicyclic) bond motifs is 3. The Hall–Kier alpha value is -4.99. The molecule has 0 spiro atoms. The number of benzene rings is 2. The normalized spacial score (nSPS) is 12.3. The number of rotatable bonds is 5. The van der Waals surface area contributed by atoms with E-state index in [1.165, 1.54) is 22.6 Å². The number of ether oxygens (including phenoxy) is 2. The number of hydrogen-bond acceptors (Lipinski definition) is 6. The number of halogens is 1. The van der Waals surface area contributed by atoms with Crippen LogP contribution in [0.3, 0.4) is 0 Å². The maximum atomic E-state index is 13.5. The van der Waals surface area contributed by atoms with Crippen molar-refractivity contribution in [1.29, 1.82) is 0 Å². The van der Waals surface area contributed by atoms with Gasteiger partial charge in [-0.25, -0.2) is 8.96 Å². The van der Waals surface area contributed by atoms with E-state index in [-0.39, 0.29) is 48.0 Å². The van der Waals surface area contributed by atoms with Crippen molar-refractivity contribution in [2.45, 2.75) is 20.0 Å². The summed E-state index contributed by atoms with van der Waals surface area (Å²) in [6, 6.07) is 16.5. The van der Waals surface area contributed by atoms with Crippen LogP contribution in [0.2, 0.25) is 0 Å². The van der Waals surface area contributed by atoms with Crippen molar-refractivity contribution < 1.29 is 23.2 Å². The molecule has 0 fully saturated rings. The van der Waals surface area contributed by atoms with Crippen molar-refractivity contribution >= 4 is 28.4 Å². The number of amides is 1. The van der Waals surface area contributed by atoms with E-state index in [1.807, 2.05) is 19.1 Å². The van der Waals surface area contributed by atoms with Crippen molar-refractivity contribution in [2.75, 3.05) is 12.5 Å². The second-order valence-corrected chi connectivity index (χ2v) is 9.07. The van der Waals surface area contributed by atoms with Crippen molar-refractivity contribution in [3.8, 4) is 11.5 Å². The molecule has 1 amide bonds. The average Bonchev–Trinajstić information content (AvgIpc) is 3.39. The number of carbonyl (C=O) groups excluding carboxylic acids is 1. The molecule has 190 valence electrons. The molecule has 10 heteroatoms. The Morgan fingerprint density at radius 1 is 1.11 bits per heavy atom. The summed E-state index contributed by atoms with van der Waals surface area (Å²) in [6.45, 7) is 2.41. The van der Waals surface area contributed by atoms with Crippen molar-refractivity contribution in [1.82, 2.24) is 14.7 Å². The predicted octanol–water partition coefficient (Wildman–Crippen LogP) is 2.87. The van der Waals surface area contributed by atoms with E-state index < -0.39 is 5.91 Å². The lowest BCUT2D eigenvalue weighted by atomic mass is 10.1. The van der Waals surface area contributed by atoms with Crippen LogP contribution in [0.25, 0.3) is 16.7 Å². The van der Waals surface area contributed by atoms with Crippen LogP contribution in [0, 0.1) is 12.7 Å². The third kappa shape index (κ3) is 4.05. The molecule has 3 N–H and O–H groups in total. The van der Waals surface area contributed by atoms with Crippen molar-refractivity contribution in [3.63, 3.8) is 0 Å². The number of aromatic nitrogens is 3. The molecule has 6 rings (SSSR count). The van der Waals surface area contributed by atoms with Gasteiger partial charge in [0.2, 0.25) is 18.3 Å². The van der Waals surface area contributed by atoms with Gasteiger partial charge in [0.1, 0.15) is 16.8 Å². The molecular formula is C28H23FN5O4+. The quantitative estimate of drug-likeness (QED) is 0.277. The van der Waals surface area contributed by atoms with Gasteiger partial charge in [-0.3, -0.25) is 14.0 Å². The fourth-order valence-electron chi connectivity index (χ4n) is 4.55. The van der Waals surface area contributed by atoms with Crippen LogP contribution in [0.1, 0.15) is 27.0 Å². The third-order valence-corrected chi connectivity index (χ3v) is 6.56. The lowest BCUT2D eigenvalue weighted by Gasteiger charge is -2.13.